The molecule has 0 unspecified atom stereocenters. The highest BCUT2D eigenvalue weighted by atomic mass is 79.9. The number of aromatic nitrogens is 2. The van der Waals surface area contributed by atoms with Gasteiger partial charge in [0.1, 0.15) is 12.4 Å². The Morgan fingerprint density at radius 3 is 2.34 bits per heavy atom. The zero-order chi connectivity index (χ0) is 25.5. The second-order valence-corrected chi connectivity index (χ2v) is 7.34. The van der Waals surface area contributed by atoms with E-state index in [4.69, 9.17) is 4.74 Å². The Labute approximate surface area is 212 Å². The predicted molar refractivity (Wildman–Crippen MR) is 137 cm³/mol. The van der Waals surface area contributed by atoms with Crippen LogP contribution in [0.1, 0.15) is 40.1 Å². The van der Waals surface area contributed by atoms with Crippen molar-refractivity contribution < 1.29 is 19.4 Å². The molecule has 0 spiro atoms. The molecule has 2 heterocycles. The third kappa shape index (κ3) is 9.06. The Morgan fingerprint density at radius 1 is 1.09 bits per heavy atom. The molecule has 3 rings (SSSR count). The van der Waals surface area contributed by atoms with Crippen molar-refractivity contribution in [3.63, 3.8) is 0 Å². The summed E-state index contributed by atoms with van der Waals surface area (Å²) in [4.78, 5) is 31.1. The van der Waals surface area contributed by atoms with Gasteiger partial charge >= 0.3 is 0 Å². The van der Waals surface area contributed by atoms with Gasteiger partial charge in [0.05, 0.1) is 0 Å². The van der Waals surface area contributed by atoms with Crippen molar-refractivity contribution in [2.24, 2.45) is 0 Å². The molecule has 0 aliphatic heterocycles. The van der Waals surface area contributed by atoms with E-state index in [0.29, 0.717) is 27.7 Å². The molecule has 2 aromatic heterocycles. The SMILES string of the molecule is CC#CC#CC#CC.O=Cc1cc(OCc2ccc(NC(=O)c3ccncc3)nc2)c(O)cc1Br. The standard InChI is InChI=1S/C19H14BrN3O4.C8H6/c20-15-8-16(25)17(7-14(15)10-24)27-11-12-1-2-18(22-9-12)23-19(26)13-3-5-21-6-4-13;1-3-5-7-8-6-4-2/h1-10,25H,11H2,(H,22,23,26);1-2H3. The molecule has 0 bridgehead atoms. The number of aldehydes is 1. The first-order valence-electron chi connectivity index (χ1n) is 10.1. The molecule has 3 aromatic rings. The fourth-order valence-corrected chi connectivity index (χ4v) is 2.81. The first kappa shape index (κ1) is 26.7. The zero-order valence-corrected chi connectivity index (χ0v) is 20.5. The summed E-state index contributed by atoms with van der Waals surface area (Å²) in [6.45, 7) is 3.63. The van der Waals surface area contributed by atoms with E-state index in [1.54, 1.807) is 44.3 Å². The number of nitrogens with zero attached hydrogens (tertiary/aromatic N) is 2. The van der Waals surface area contributed by atoms with Crippen molar-refractivity contribution >= 4 is 33.9 Å². The second-order valence-electron chi connectivity index (χ2n) is 6.49. The van der Waals surface area contributed by atoms with Crippen molar-refractivity contribution in [3.05, 3.63) is 76.2 Å². The van der Waals surface area contributed by atoms with Crippen molar-refractivity contribution in [2.45, 2.75) is 20.5 Å². The number of amides is 1. The molecule has 174 valence electrons. The minimum Gasteiger partial charge on any atom is -0.504 e. The van der Waals surface area contributed by atoms with Gasteiger partial charge in [-0.2, -0.15) is 0 Å². The van der Waals surface area contributed by atoms with Crippen LogP contribution in [0.25, 0.3) is 0 Å². The van der Waals surface area contributed by atoms with Gasteiger partial charge in [-0.25, -0.2) is 4.98 Å². The fourth-order valence-electron chi connectivity index (χ4n) is 2.39. The molecule has 7 nitrogen and oxygen atoms in total. The third-order valence-corrected chi connectivity index (χ3v) is 4.73. The van der Waals surface area contributed by atoms with Crippen LogP contribution in [0.3, 0.4) is 0 Å². The molecule has 0 radical (unpaired) electrons. The van der Waals surface area contributed by atoms with E-state index in [9.17, 15) is 14.7 Å². The van der Waals surface area contributed by atoms with Gasteiger partial charge in [-0.05, 0) is 83.8 Å². The summed E-state index contributed by atoms with van der Waals surface area (Å²) in [6, 6.07) is 9.45. The molecule has 2 N–H and O–H groups in total. The lowest BCUT2D eigenvalue weighted by Gasteiger charge is -2.10. The maximum absolute atomic E-state index is 12.1. The quantitative estimate of drug-likeness (QED) is 0.356. The van der Waals surface area contributed by atoms with E-state index in [0.717, 1.165) is 5.56 Å². The fraction of sp³-hybridized carbons (Fsp3) is 0.111. The number of carbonyl (C=O) groups is 2. The number of phenols is 1. The van der Waals surface area contributed by atoms with Crippen LogP contribution in [0.2, 0.25) is 0 Å². The highest BCUT2D eigenvalue weighted by Crippen LogP contribution is 2.32. The van der Waals surface area contributed by atoms with E-state index in [2.05, 4.69) is 66.7 Å². The van der Waals surface area contributed by atoms with E-state index in [-0.39, 0.29) is 24.0 Å². The molecule has 0 saturated heterocycles. The van der Waals surface area contributed by atoms with Crippen LogP contribution in [0.15, 0.2) is 59.5 Å². The van der Waals surface area contributed by atoms with Crippen LogP contribution in [-0.4, -0.2) is 27.3 Å². The van der Waals surface area contributed by atoms with E-state index >= 15 is 0 Å². The lowest BCUT2D eigenvalue weighted by Crippen LogP contribution is -2.13. The summed E-state index contributed by atoms with van der Waals surface area (Å²) in [6.07, 6.45) is 5.30. The largest absolute Gasteiger partial charge is 0.504 e. The average Bonchev–Trinajstić information content (AvgIpc) is 2.88. The normalized spacial score (nSPS) is 8.77. The first-order valence-corrected chi connectivity index (χ1v) is 10.9. The Hall–Kier alpha value is -4.58. The number of hydrogen-bond donors (Lipinski definition) is 2. The van der Waals surface area contributed by atoms with Crippen molar-refractivity contribution in [2.75, 3.05) is 5.32 Å². The van der Waals surface area contributed by atoms with Crippen molar-refractivity contribution in [3.8, 4) is 47.0 Å². The number of rotatable bonds is 6. The van der Waals surface area contributed by atoms with E-state index < -0.39 is 0 Å². The summed E-state index contributed by atoms with van der Waals surface area (Å²) >= 11 is 3.19. The van der Waals surface area contributed by atoms with Gasteiger partial charge in [-0.1, -0.05) is 17.9 Å². The Balaban J connectivity index is 0.000000466. The average molecular weight is 530 g/mol. The smallest absolute Gasteiger partial charge is 0.256 e. The van der Waals surface area contributed by atoms with Gasteiger partial charge in [0, 0.05) is 39.8 Å². The summed E-state index contributed by atoms with van der Waals surface area (Å²) in [5, 5.41) is 12.6. The molecular weight excluding hydrogens is 510 g/mol. The topological polar surface area (TPSA) is 101 Å². The summed E-state index contributed by atoms with van der Waals surface area (Å²) in [7, 11) is 0. The molecule has 0 saturated carbocycles. The second kappa shape index (κ2) is 14.5. The van der Waals surface area contributed by atoms with Gasteiger partial charge in [0.2, 0.25) is 0 Å². The minimum atomic E-state index is -0.282. The number of nitrogens with one attached hydrogen (secondary N) is 1. The van der Waals surface area contributed by atoms with Crippen LogP contribution < -0.4 is 10.1 Å². The summed E-state index contributed by atoms with van der Waals surface area (Å²) < 4.78 is 6.03. The molecule has 35 heavy (non-hydrogen) atoms. The number of carbonyl (C=O) groups excluding carboxylic acids is 2. The molecule has 8 heteroatoms. The maximum atomic E-state index is 12.1. The predicted octanol–water partition coefficient (Wildman–Crippen LogP) is 4.62. The molecule has 1 aromatic carbocycles. The molecular formula is C27H20BrN3O4. The summed E-state index contributed by atoms with van der Waals surface area (Å²) in [5.74, 6) is 15.7. The Bertz CT molecular complexity index is 1330. The van der Waals surface area contributed by atoms with Crippen LogP contribution in [-0.2, 0) is 6.61 Å². The van der Waals surface area contributed by atoms with Gasteiger partial charge in [0.25, 0.3) is 5.91 Å². The number of ether oxygens (including phenoxy) is 1. The highest BCUT2D eigenvalue weighted by Gasteiger charge is 2.10. The Kier molecular flexibility index (Phi) is 11.1. The van der Waals surface area contributed by atoms with Crippen LogP contribution >= 0.6 is 15.9 Å². The number of hydrogen-bond acceptors (Lipinski definition) is 6. The molecule has 0 aliphatic rings. The molecule has 0 aliphatic carbocycles. The molecule has 0 fully saturated rings. The van der Waals surface area contributed by atoms with Crippen LogP contribution in [0.4, 0.5) is 5.82 Å². The molecule has 1 amide bonds. The monoisotopic (exact) mass is 529 g/mol. The van der Waals surface area contributed by atoms with Gasteiger partial charge in [0.15, 0.2) is 17.8 Å². The number of benzene rings is 1. The zero-order valence-electron chi connectivity index (χ0n) is 18.9. The number of anilines is 1. The number of pyridine rings is 2. The van der Waals surface area contributed by atoms with Crippen molar-refractivity contribution in [1.82, 2.24) is 9.97 Å². The van der Waals surface area contributed by atoms with Gasteiger partial charge in [-0.15, -0.1) is 0 Å². The first-order chi connectivity index (χ1) is 17.0. The lowest BCUT2D eigenvalue weighted by molar-refractivity contribution is 0.102. The summed E-state index contributed by atoms with van der Waals surface area (Å²) in [5.41, 5.74) is 1.58. The lowest BCUT2D eigenvalue weighted by atomic mass is 10.2. The van der Waals surface area contributed by atoms with Gasteiger partial charge in [-0.3, -0.25) is 14.6 Å². The van der Waals surface area contributed by atoms with Crippen LogP contribution in [0, 0.1) is 35.5 Å². The Morgan fingerprint density at radius 2 is 1.77 bits per heavy atom. The number of phenolic OH excluding ortho intramolecular Hbond substituents is 1. The third-order valence-electron chi connectivity index (χ3n) is 4.05. The van der Waals surface area contributed by atoms with E-state index in [1.165, 1.54) is 24.5 Å². The highest BCUT2D eigenvalue weighted by molar-refractivity contribution is 9.10. The number of aromatic hydroxyl groups is 1. The number of halogens is 1. The van der Waals surface area contributed by atoms with E-state index in [1.807, 2.05) is 0 Å². The van der Waals surface area contributed by atoms with Crippen molar-refractivity contribution in [1.29, 1.82) is 0 Å². The maximum Gasteiger partial charge on any atom is 0.256 e. The van der Waals surface area contributed by atoms with Gasteiger partial charge < -0.3 is 15.2 Å². The van der Waals surface area contributed by atoms with Crippen LogP contribution in [0.5, 0.6) is 11.5 Å². The molecule has 0 atom stereocenters. The minimum absolute atomic E-state index is 0.0818.